The molecule has 0 atom stereocenters. The van der Waals surface area contributed by atoms with Crippen LogP contribution in [0.25, 0.3) is 0 Å². The number of nitrogen functional groups attached to an aromatic ring is 1. The number of hydrogen-bond donors (Lipinski definition) is 2. The second kappa shape index (κ2) is 8.99. The van der Waals surface area contributed by atoms with Gasteiger partial charge >= 0.3 is 0 Å². The minimum Gasteiger partial charge on any atom is -0.491 e. The highest BCUT2D eigenvalue weighted by molar-refractivity contribution is 6.14. The molecule has 0 unspecified atom stereocenters. The first kappa shape index (κ1) is 20.6. The molecule has 0 radical (unpaired) electrons. The molecule has 0 amide bonds. The van der Waals surface area contributed by atoms with Gasteiger partial charge in [-0.25, -0.2) is 9.97 Å². The van der Waals surface area contributed by atoms with E-state index in [0.717, 1.165) is 43.4 Å². The first-order valence-corrected chi connectivity index (χ1v) is 10.4. The predicted octanol–water partition coefficient (Wildman–Crippen LogP) is 2.98. The van der Waals surface area contributed by atoms with Crippen molar-refractivity contribution in [2.24, 2.45) is 0 Å². The van der Waals surface area contributed by atoms with E-state index in [4.69, 9.17) is 15.9 Å². The molecule has 160 valence electrons. The molecule has 8 nitrogen and oxygen atoms in total. The van der Waals surface area contributed by atoms with Crippen LogP contribution in [0, 0.1) is 5.41 Å². The molecule has 3 N–H and O–H groups in total. The highest BCUT2D eigenvalue weighted by Gasteiger charge is 2.20. The number of piperazine rings is 1. The van der Waals surface area contributed by atoms with Gasteiger partial charge in [0.25, 0.3) is 0 Å². The molecule has 3 aromatic rings. The van der Waals surface area contributed by atoms with E-state index in [-0.39, 0.29) is 6.10 Å². The molecule has 8 heteroatoms. The summed E-state index contributed by atoms with van der Waals surface area (Å²) in [5.74, 6) is 2.46. The lowest BCUT2D eigenvalue weighted by Crippen LogP contribution is -2.47. The predicted molar refractivity (Wildman–Crippen MR) is 123 cm³/mol. The number of nitrogens with zero attached hydrogens (tertiary/aromatic N) is 5. The third kappa shape index (κ3) is 4.74. The second-order valence-electron chi connectivity index (χ2n) is 7.73. The van der Waals surface area contributed by atoms with E-state index in [1.807, 2.05) is 38.1 Å². The minimum absolute atomic E-state index is 0.0544. The number of nitrogens with one attached hydrogen (secondary N) is 1. The third-order valence-corrected chi connectivity index (χ3v) is 5.18. The maximum Gasteiger partial charge on any atom is 0.147 e. The van der Waals surface area contributed by atoms with Gasteiger partial charge in [0.2, 0.25) is 0 Å². The average molecular weight is 418 g/mol. The van der Waals surface area contributed by atoms with Crippen molar-refractivity contribution in [3.8, 4) is 5.75 Å². The summed E-state index contributed by atoms with van der Waals surface area (Å²) in [5, 5.41) is 8.74. The van der Waals surface area contributed by atoms with Gasteiger partial charge in [-0.05, 0) is 44.2 Å². The molecule has 0 saturated carbocycles. The summed E-state index contributed by atoms with van der Waals surface area (Å²) in [6.45, 7) is 7.26. The van der Waals surface area contributed by atoms with Crippen LogP contribution in [-0.4, -0.2) is 52.9 Å². The molecule has 0 spiro atoms. The number of pyridine rings is 1. The number of aromatic nitrogens is 3. The normalized spacial score (nSPS) is 14.0. The van der Waals surface area contributed by atoms with Crippen LogP contribution in [0.1, 0.15) is 25.0 Å². The topological polar surface area (TPSA) is 104 Å². The highest BCUT2D eigenvalue weighted by Crippen LogP contribution is 2.25. The Labute approximate surface area is 182 Å². The Morgan fingerprint density at radius 2 is 1.68 bits per heavy atom. The van der Waals surface area contributed by atoms with Crippen LogP contribution in [0.2, 0.25) is 0 Å². The number of benzene rings is 1. The van der Waals surface area contributed by atoms with Crippen LogP contribution in [-0.2, 0) is 0 Å². The van der Waals surface area contributed by atoms with E-state index < -0.39 is 0 Å². The zero-order chi connectivity index (χ0) is 21.8. The summed E-state index contributed by atoms with van der Waals surface area (Å²) < 4.78 is 5.77. The smallest absolute Gasteiger partial charge is 0.147 e. The summed E-state index contributed by atoms with van der Waals surface area (Å²) >= 11 is 0. The number of ether oxygens (including phenoxy) is 1. The standard InChI is InChI=1S/C23H27N7O/c1-16(2)31-18-3-4-20(24)19(14-18)23(25)17-5-6-27-21(13-17)29-9-11-30(12-10-29)22-15-26-7-8-28-22/h3-8,13-16,25H,9-12,24H2,1-2H3. The molecule has 1 aliphatic rings. The lowest BCUT2D eigenvalue weighted by atomic mass is 10.0. The van der Waals surface area contributed by atoms with Gasteiger partial charge in [-0.1, -0.05) is 0 Å². The van der Waals surface area contributed by atoms with Crippen LogP contribution >= 0.6 is 0 Å². The van der Waals surface area contributed by atoms with E-state index in [1.54, 1.807) is 30.9 Å². The largest absolute Gasteiger partial charge is 0.491 e. The summed E-state index contributed by atoms with van der Waals surface area (Å²) in [6, 6.07) is 9.25. The van der Waals surface area contributed by atoms with E-state index in [0.29, 0.717) is 22.7 Å². The Kier molecular flexibility index (Phi) is 5.97. The quantitative estimate of drug-likeness (QED) is 0.469. The lowest BCUT2D eigenvalue weighted by molar-refractivity contribution is 0.242. The van der Waals surface area contributed by atoms with Crippen molar-refractivity contribution in [3.63, 3.8) is 0 Å². The van der Waals surface area contributed by atoms with Gasteiger partial charge < -0.3 is 20.3 Å². The van der Waals surface area contributed by atoms with E-state index >= 15 is 0 Å². The molecule has 0 aliphatic carbocycles. The van der Waals surface area contributed by atoms with Crippen LogP contribution < -0.4 is 20.3 Å². The number of nitrogens with two attached hydrogens (primary N) is 1. The summed E-state index contributed by atoms with van der Waals surface area (Å²) in [5.41, 5.74) is 8.51. The molecule has 3 heterocycles. The average Bonchev–Trinajstić information content (AvgIpc) is 2.80. The summed E-state index contributed by atoms with van der Waals surface area (Å²) in [4.78, 5) is 17.5. The van der Waals surface area contributed by atoms with Crippen molar-refractivity contribution in [2.45, 2.75) is 20.0 Å². The van der Waals surface area contributed by atoms with Crippen LogP contribution in [0.15, 0.2) is 55.1 Å². The minimum atomic E-state index is 0.0544. The van der Waals surface area contributed by atoms with Crippen molar-refractivity contribution < 1.29 is 4.74 Å². The fourth-order valence-electron chi connectivity index (χ4n) is 3.62. The van der Waals surface area contributed by atoms with Crippen molar-refractivity contribution in [1.82, 2.24) is 15.0 Å². The summed E-state index contributed by atoms with van der Waals surface area (Å²) in [6.07, 6.45) is 6.99. The third-order valence-electron chi connectivity index (χ3n) is 5.18. The number of hydrogen-bond acceptors (Lipinski definition) is 8. The Morgan fingerprint density at radius 1 is 0.968 bits per heavy atom. The van der Waals surface area contributed by atoms with Crippen molar-refractivity contribution in [3.05, 3.63) is 66.2 Å². The Hall–Kier alpha value is -3.68. The molecule has 2 aromatic heterocycles. The van der Waals surface area contributed by atoms with Gasteiger partial charge in [0.05, 0.1) is 18.0 Å². The zero-order valence-electron chi connectivity index (χ0n) is 17.8. The maximum atomic E-state index is 8.74. The molecule has 1 aliphatic heterocycles. The van der Waals surface area contributed by atoms with E-state index in [1.165, 1.54) is 0 Å². The van der Waals surface area contributed by atoms with Gasteiger partial charge in [-0.3, -0.25) is 10.4 Å². The molecule has 1 aromatic carbocycles. The number of anilines is 3. The molecule has 0 bridgehead atoms. The highest BCUT2D eigenvalue weighted by atomic mass is 16.5. The van der Waals surface area contributed by atoms with Gasteiger partial charge in [-0.15, -0.1) is 0 Å². The molecular weight excluding hydrogens is 390 g/mol. The molecular formula is C23H27N7O. The van der Waals surface area contributed by atoms with Crippen molar-refractivity contribution >= 4 is 23.0 Å². The SMILES string of the molecule is CC(C)Oc1ccc(N)c(C(=N)c2ccnc(N3CCN(c4cnccn4)CC3)c2)c1. The fourth-order valence-corrected chi connectivity index (χ4v) is 3.62. The fraction of sp³-hybridized carbons (Fsp3) is 0.304. The van der Waals surface area contributed by atoms with Gasteiger partial charge in [-0.2, -0.15) is 0 Å². The molecule has 4 rings (SSSR count). The first-order chi connectivity index (χ1) is 15.0. The van der Waals surface area contributed by atoms with E-state index in [9.17, 15) is 0 Å². The van der Waals surface area contributed by atoms with Crippen molar-refractivity contribution in [2.75, 3.05) is 41.7 Å². The number of rotatable bonds is 6. The molecule has 1 fully saturated rings. The van der Waals surface area contributed by atoms with Crippen molar-refractivity contribution in [1.29, 1.82) is 5.41 Å². The zero-order valence-corrected chi connectivity index (χ0v) is 17.8. The maximum absolute atomic E-state index is 8.74. The van der Waals surface area contributed by atoms with Gasteiger partial charge in [0, 0.05) is 61.6 Å². The Balaban J connectivity index is 1.49. The van der Waals surface area contributed by atoms with Crippen LogP contribution in [0.4, 0.5) is 17.3 Å². The van der Waals surface area contributed by atoms with Crippen LogP contribution in [0.5, 0.6) is 5.75 Å². The van der Waals surface area contributed by atoms with Gasteiger partial charge in [0.15, 0.2) is 0 Å². The Morgan fingerprint density at radius 3 is 2.35 bits per heavy atom. The molecule has 31 heavy (non-hydrogen) atoms. The Bertz CT molecular complexity index is 1050. The van der Waals surface area contributed by atoms with Gasteiger partial charge in [0.1, 0.15) is 17.4 Å². The molecule has 1 saturated heterocycles. The van der Waals surface area contributed by atoms with Crippen LogP contribution in [0.3, 0.4) is 0 Å². The monoisotopic (exact) mass is 417 g/mol. The first-order valence-electron chi connectivity index (χ1n) is 10.4. The lowest BCUT2D eigenvalue weighted by Gasteiger charge is -2.36. The van der Waals surface area contributed by atoms with E-state index in [2.05, 4.69) is 24.8 Å². The second-order valence-corrected chi connectivity index (χ2v) is 7.73. The summed E-state index contributed by atoms with van der Waals surface area (Å²) in [7, 11) is 0.